The average Bonchev–Trinajstić information content (AvgIpc) is 2.73. The first kappa shape index (κ1) is 19.6. The minimum atomic E-state index is -0.566. The fourth-order valence-electron chi connectivity index (χ4n) is 3.82. The van der Waals surface area contributed by atoms with E-state index in [1.54, 1.807) is 0 Å². The van der Waals surface area contributed by atoms with Crippen LogP contribution in [0.25, 0.3) is 0 Å². The summed E-state index contributed by atoms with van der Waals surface area (Å²) < 4.78 is 0. The highest BCUT2D eigenvalue weighted by molar-refractivity contribution is 6.40. The lowest BCUT2D eigenvalue weighted by molar-refractivity contribution is -0.122. The smallest absolute Gasteiger partial charge is 0.237 e. The minimum absolute atomic E-state index is 0.0239. The number of rotatable bonds is 3. The number of fused-ring (bicyclic) bond motifs is 1. The van der Waals surface area contributed by atoms with E-state index in [-0.39, 0.29) is 17.1 Å². The third-order valence-corrected chi connectivity index (χ3v) is 5.33. The van der Waals surface area contributed by atoms with E-state index in [4.69, 9.17) is 0 Å². The van der Waals surface area contributed by atoms with E-state index in [0.29, 0.717) is 18.7 Å². The molecule has 27 heavy (non-hydrogen) atoms. The first-order chi connectivity index (χ1) is 12.6. The molecule has 1 aromatic carbocycles. The molecule has 1 saturated carbocycles. The van der Waals surface area contributed by atoms with E-state index < -0.39 is 5.41 Å². The van der Waals surface area contributed by atoms with Crippen LogP contribution in [-0.4, -0.2) is 23.9 Å². The Hall–Kier alpha value is -2.17. The van der Waals surface area contributed by atoms with Crippen LogP contribution in [0.2, 0.25) is 0 Å². The van der Waals surface area contributed by atoms with E-state index in [2.05, 4.69) is 31.3 Å². The number of ketones is 1. The number of amides is 1. The normalized spacial score (nSPS) is 21.4. The van der Waals surface area contributed by atoms with Crippen molar-refractivity contribution in [3.63, 3.8) is 0 Å². The zero-order valence-corrected chi connectivity index (χ0v) is 17.2. The molecule has 1 fully saturated rings. The van der Waals surface area contributed by atoms with Crippen LogP contribution >= 0.6 is 0 Å². The van der Waals surface area contributed by atoms with Crippen molar-refractivity contribution in [3.05, 3.63) is 23.8 Å². The van der Waals surface area contributed by atoms with Crippen LogP contribution in [0.15, 0.2) is 23.3 Å². The average molecular weight is 370 g/mol. The minimum Gasteiger partial charge on any atom is -0.311 e. The van der Waals surface area contributed by atoms with Gasteiger partial charge < -0.3 is 4.90 Å². The molecule has 1 aromatic rings. The van der Waals surface area contributed by atoms with Crippen LogP contribution in [0.3, 0.4) is 0 Å². The standard InChI is InChI=1S/C22H31N3O2/c1-21(2,3)14-25-18-12-11-15(13-16(18)22(4,5)20(25)27)23-24-17-9-7-6-8-10-19(17)26/h11-13,23H,6-10,14H2,1-5H3/b24-17+. The SMILES string of the molecule is CC(C)(C)CN1C(=O)C(C)(C)c2cc(N/N=C3\CCCCCC3=O)ccc21. The molecule has 0 radical (unpaired) electrons. The van der Waals surface area contributed by atoms with Crippen LogP contribution < -0.4 is 10.3 Å². The van der Waals surface area contributed by atoms with Crippen molar-refractivity contribution in [2.75, 3.05) is 16.9 Å². The summed E-state index contributed by atoms with van der Waals surface area (Å²) in [6.45, 7) is 11.1. The molecule has 146 valence electrons. The van der Waals surface area contributed by atoms with Crippen LogP contribution in [0, 0.1) is 5.41 Å². The van der Waals surface area contributed by atoms with Crippen molar-refractivity contribution in [3.8, 4) is 0 Å². The Kier molecular flexibility index (Phi) is 5.15. The van der Waals surface area contributed by atoms with Gasteiger partial charge in [0.2, 0.25) is 5.91 Å². The Labute approximate surface area is 162 Å². The summed E-state index contributed by atoms with van der Waals surface area (Å²) in [5, 5.41) is 4.38. The second-order valence-corrected chi connectivity index (χ2v) is 9.46. The number of benzene rings is 1. The number of hydrazone groups is 1. The number of hydrogen-bond donors (Lipinski definition) is 1. The molecule has 5 heteroatoms. The van der Waals surface area contributed by atoms with Crippen molar-refractivity contribution in [1.82, 2.24) is 0 Å². The van der Waals surface area contributed by atoms with Gasteiger partial charge in [-0.1, -0.05) is 27.2 Å². The molecule has 1 N–H and O–H groups in total. The molecule has 2 aliphatic rings. The largest absolute Gasteiger partial charge is 0.311 e. The molecular formula is C22H31N3O2. The molecule has 0 atom stereocenters. The van der Waals surface area contributed by atoms with Gasteiger partial charge >= 0.3 is 0 Å². The highest BCUT2D eigenvalue weighted by Gasteiger charge is 2.44. The van der Waals surface area contributed by atoms with Gasteiger partial charge in [-0.05, 0) is 62.3 Å². The van der Waals surface area contributed by atoms with Gasteiger partial charge in [-0.15, -0.1) is 0 Å². The lowest BCUT2D eigenvalue weighted by atomic mass is 9.86. The topological polar surface area (TPSA) is 61.8 Å². The summed E-state index contributed by atoms with van der Waals surface area (Å²) in [5.74, 6) is 0.280. The Morgan fingerprint density at radius 2 is 1.81 bits per heavy atom. The number of carbonyl (C=O) groups excluding carboxylic acids is 2. The molecule has 0 aromatic heterocycles. The molecule has 1 heterocycles. The van der Waals surface area contributed by atoms with Crippen molar-refractivity contribution >= 4 is 28.8 Å². The van der Waals surface area contributed by atoms with Gasteiger partial charge in [-0.2, -0.15) is 5.10 Å². The molecule has 0 saturated heterocycles. The molecule has 1 aliphatic heterocycles. The summed E-state index contributed by atoms with van der Waals surface area (Å²) in [6, 6.07) is 5.93. The van der Waals surface area contributed by atoms with Gasteiger partial charge in [-0.25, -0.2) is 0 Å². The maximum atomic E-state index is 13.0. The van der Waals surface area contributed by atoms with E-state index in [9.17, 15) is 9.59 Å². The zero-order chi connectivity index (χ0) is 19.8. The summed E-state index contributed by atoms with van der Waals surface area (Å²) in [4.78, 5) is 27.0. The Morgan fingerprint density at radius 1 is 1.11 bits per heavy atom. The number of Topliss-reactive ketones (excluding diaryl/α,β-unsaturated/α-hetero) is 1. The second-order valence-electron chi connectivity index (χ2n) is 9.46. The molecule has 1 aliphatic carbocycles. The third kappa shape index (κ3) is 4.07. The number of carbonyl (C=O) groups is 2. The lowest BCUT2D eigenvalue weighted by Gasteiger charge is -2.28. The molecule has 3 rings (SSSR count). The summed E-state index contributed by atoms with van der Waals surface area (Å²) in [7, 11) is 0. The van der Waals surface area contributed by atoms with Crippen LogP contribution in [0.1, 0.15) is 72.3 Å². The third-order valence-electron chi connectivity index (χ3n) is 5.33. The Balaban J connectivity index is 1.87. The highest BCUT2D eigenvalue weighted by Crippen LogP contribution is 2.43. The summed E-state index contributed by atoms with van der Waals surface area (Å²) in [5.41, 5.74) is 5.95. The van der Waals surface area contributed by atoms with Gasteiger partial charge in [-0.3, -0.25) is 15.0 Å². The monoisotopic (exact) mass is 369 g/mol. The van der Waals surface area contributed by atoms with Gasteiger partial charge in [0.25, 0.3) is 0 Å². The van der Waals surface area contributed by atoms with Crippen molar-refractivity contribution in [1.29, 1.82) is 0 Å². The summed E-state index contributed by atoms with van der Waals surface area (Å²) in [6.07, 6.45) is 4.38. The molecule has 0 spiro atoms. The zero-order valence-electron chi connectivity index (χ0n) is 17.2. The molecule has 0 bridgehead atoms. The molecule has 0 unspecified atom stereocenters. The first-order valence-corrected chi connectivity index (χ1v) is 9.92. The van der Waals surface area contributed by atoms with E-state index in [1.807, 2.05) is 36.9 Å². The molecule has 5 nitrogen and oxygen atoms in total. The second kappa shape index (κ2) is 7.10. The maximum absolute atomic E-state index is 13.0. The number of nitrogens with one attached hydrogen (secondary N) is 1. The first-order valence-electron chi connectivity index (χ1n) is 9.92. The van der Waals surface area contributed by atoms with E-state index >= 15 is 0 Å². The number of nitrogens with zero attached hydrogens (tertiary/aromatic N) is 2. The van der Waals surface area contributed by atoms with Crippen molar-refractivity contribution in [2.45, 2.75) is 72.1 Å². The van der Waals surface area contributed by atoms with Crippen LogP contribution in [0.4, 0.5) is 11.4 Å². The van der Waals surface area contributed by atoms with Crippen LogP contribution in [0.5, 0.6) is 0 Å². The van der Waals surface area contributed by atoms with Crippen molar-refractivity contribution < 1.29 is 9.59 Å². The van der Waals surface area contributed by atoms with E-state index in [1.165, 1.54) is 0 Å². The summed E-state index contributed by atoms with van der Waals surface area (Å²) >= 11 is 0. The van der Waals surface area contributed by atoms with Gasteiger partial charge in [0.15, 0.2) is 5.78 Å². The van der Waals surface area contributed by atoms with Gasteiger partial charge in [0, 0.05) is 18.7 Å². The maximum Gasteiger partial charge on any atom is 0.237 e. The highest BCUT2D eigenvalue weighted by atomic mass is 16.2. The molecular weight excluding hydrogens is 338 g/mol. The van der Waals surface area contributed by atoms with Gasteiger partial charge in [0.1, 0.15) is 5.71 Å². The molecule has 1 amide bonds. The predicted octanol–water partition coefficient (Wildman–Crippen LogP) is 4.66. The number of anilines is 2. The Morgan fingerprint density at radius 3 is 2.52 bits per heavy atom. The Bertz CT molecular complexity index is 787. The van der Waals surface area contributed by atoms with Crippen LogP contribution in [-0.2, 0) is 15.0 Å². The fourth-order valence-corrected chi connectivity index (χ4v) is 3.82. The van der Waals surface area contributed by atoms with E-state index in [0.717, 1.165) is 42.6 Å². The van der Waals surface area contributed by atoms with Crippen molar-refractivity contribution in [2.24, 2.45) is 10.5 Å². The van der Waals surface area contributed by atoms with Gasteiger partial charge in [0.05, 0.1) is 11.1 Å². The quantitative estimate of drug-likeness (QED) is 0.623. The predicted molar refractivity (Wildman–Crippen MR) is 110 cm³/mol. The number of hydrogen-bond acceptors (Lipinski definition) is 4. The fraction of sp³-hybridized carbons (Fsp3) is 0.591. The lowest BCUT2D eigenvalue weighted by Crippen LogP contribution is -2.40.